The molecule has 1 aliphatic rings. The Kier molecular flexibility index (Phi) is 4.29. The van der Waals surface area contributed by atoms with Gasteiger partial charge in [0.05, 0.1) is 18.7 Å². The Hall–Kier alpha value is -2.08. The summed E-state index contributed by atoms with van der Waals surface area (Å²) in [5.41, 5.74) is 0.688. The fourth-order valence-electron chi connectivity index (χ4n) is 2.62. The van der Waals surface area contributed by atoms with E-state index in [0.717, 1.165) is 15.0 Å². The maximum atomic E-state index is 12.6. The lowest BCUT2D eigenvalue weighted by molar-refractivity contribution is -0.894. The van der Waals surface area contributed by atoms with Crippen molar-refractivity contribution in [2.75, 3.05) is 31.1 Å². The van der Waals surface area contributed by atoms with E-state index in [1.165, 1.54) is 0 Å². The number of carbonyl (C=O) groups excluding carboxylic acids is 1. The van der Waals surface area contributed by atoms with Gasteiger partial charge in [-0.25, -0.2) is 0 Å². The molecule has 1 fully saturated rings. The molecule has 5 nitrogen and oxygen atoms in total. The van der Waals surface area contributed by atoms with Crippen molar-refractivity contribution in [3.8, 4) is 0 Å². The Morgan fingerprint density at radius 1 is 1.05 bits per heavy atom. The molecule has 0 aliphatic carbocycles. The van der Waals surface area contributed by atoms with Crippen LogP contribution < -0.4 is 9.63 Å². The molecule has 1 aromatic heterocycles. The highest BCUT2D eigenvalue weighted by Crippen LogP contribution is 2.19. The Bertz CT molecular complexity index is 685. The number of amides is 1. The van der Waals surface area contributed by atoms with Gasteiger partial charge in [-0.1, -0.05) is 22.9 Å². The SMILES string of the molecule is O=C(c1ccccc1Br)N1CCN(c2cccc[n+]2O)CC1. The van der Waals surface area contributed by atoms with E-state index in [2.05, 4.69) is 20.8 Å². The van der Waals surface area contributed by atoms with Gasteiger partial charge in [0, 0.05) is 10.5 Å². The minimum atomic E-state index is 0.0389. The van der Waals surface area contributed by atoms with E-state index in [1.807, 2.05) is 41.3 Å². The summed E-state index contributed by atoms with van der Waals surface area (Å²) in [7, 11) is 0. The summed E-state index contributed by atoms with van der Waals surface area (Å²) >= 11 is 3.43. The number of pyridine rings is 1. The number of halogens is 1. The lowest BCUT2D eigenvalue weighted by atomic mass is 10.2. The molecular formula is C16H17BrN3O2+. The predicted octanol–water partition coefficient (Wildman–Crippen LogP) is 1.94. The normalized spacial score (nSPS) is 15.0. The van der Waals surface area contributed by atoms with Gasteiger partial charge in [-0.05, 0) is 34.1 Å². The fourth-order valence-corrected chi connectivity index (χ4v) is 3.07. The van der Waals surface area contributed by atoms with Crippen LogP contribution in [0.1, 0.15) is 10.4 Å². The first-order chi connectivity index (χ1) is 10.7. The largest absolute Gasteiger partial charge is 0.350 e. The van der Waals surface area contributed by atoms with Crippen LogP contribution in [0.4, 0.5) is 5.82 Å². The average molecular weight is 363 g/mol. The third-order valence-corrected chi connectivity index (χ3v) is 4.51. The minimum absolute atomic E-state index is 0.0389. The molecule has 1 amide bonds. The van der Waals surface area contributed by atoms with E-state index >= 15 is 0 Å². The van der Waals surface area contributed by atoms with Crippen LogP contribution in [-0.4, -0.2) is 42.2 Å². The van der Waals surface area contributed by atoms with Crippen molar-refractivity contribution in [3.05, 3.63) is 58.7 Å². The molecule has 1 saturated heterocycles. The number of carbonyl (C=O) groups is 1. The van der Waals surface area contributed by atoms with E-state index in [1.54, 1.807) is 12.3 Å². The maximum Gasteiger partial charge on any atom is 0.316 e. The quantitative estimate of drug-likeness (QED) is 0.655. The van der Waals surface area contributed by atoms with Gasteiger partial charge >= 0.3 is 5.82 Å². The molecular weight excluding hydrogens is 346 g/mol. The number of hydrogen-bond donors (Lipinski definition) is 1. The molecule has 1 aromatic carbocycles. The number of piperazine rings is 1. The second kappa shape index (κ2) is 6.36. The molecule has 1 N–H and O–H groups in total. The number of anilines is 1. The maximum absolute atomic E-state index is 12.6. The molecule has 0 atom stereocenters. The van der Waals surface area contributed by atoms with Crippen LogP contribution in [0.15, 0.2) is 53.1 Å². The highest BCUT2D eigenvalue weighted by molar-refractivity contribution is 9.10. The molecule has 22 heavy (non-hydrogen) atoms. The van der Waals surface area contributed by atoms with Crippen molar-refractivity contribution in [2.24, 2.45) is 0 Å². The van der Waals surface area contributed by atoms with Crippen LogP contribution in [0.2, 0.25) is 0 Å². The molecule has 0 unspecified atom stereocenters. The molecule has 114 valence electrons. The highest BCUT2D eigenvalue weighted by Gasteiger charge is 2.28. The molecule has 0 saturated carbocycles. The standard InChI is InChI=1S/C16H17BrN3O2/c17-14-6-2-1-5-13(14)16(21)19-11-9-18(10-12-19)15-7-3-4-8-20(15)22/h1-8,22H,9-12H2/q+1. The summed E-state index contributed by atoms with van der Waals surface area (Å²) in [6.45, 7) is 2.66. The second-order valence-corrected chi connectivity index (χ2v) is 6.02. The zero-order valence-electron chi connectivity index (χ0n) is 12.0. The topological polar surface area (TPSA) is 47.7 Å². The minimum Gasteiger partial charge on any atom is -0.350 e. The van der Waals surface area contributed by atoms with E-state index in [4.69, 9.17) is 0 Å². The first-order valence-corrected chi connectivity index (χ1v) is 7.95. The average Bonchev–Trinajstić information content (AvgIpc) is 2.55. The third-order valence-electron chi connectivity index (χ3n) is 3.81. The van der Waals surface area contributed by atoms with E-state index < -0.39 is 0 Å². The molecule has 0 spiro atoms. The molecule has 3 rings (SSSR count). The molecule has 6 heteroatoms. The highest BCUT2D eigenvalue weighted by atomic mass is 79.9. The van der Waals surface area contributed by atoms with Crippen LogP contribution in [0, 0.1) is 0 Å². The Balaban J connectivity index is 1.68. The van der Waals surface area contributed by atoms with Crippen molar-refractivity contribution in [1.29, 1.82) is 0 Å². The van der Waals surface area contributed by atoms with Crippen LogP contribution in [0.25, 0.3) is 0 Å². The van der Waals surface area contributed by atoms with E-state index in [9.17, 15) is 10.0 Å². The van der Waals surface area contributed by atoms with Gasteiger partial charge in [-0.15, -0.1) is 0 Å². The first kappa shape index (κ1) is 14.8. The first-order valence-electron chi connectivity index (χ1n) is 7.15. The molecule has 1 aliphatic heterocycles. The lowest BCUT2D eigenvalue weighted by Gasteiger charge is -2.31. The molecule has 2 heterocycles. The summed E-state index contributed by atoms with van der Waals surface area (Å²) in [6.07, 6.45) is 1.61. The Morgan fingerprint density at radius 3 is 2.41 bits per heavy atom. The van der Waals surface area contributed by atoms with Gasteiger partial charge in [0.2, 0.25) is 0 Å². The second-order valence-electron chi connectivity index (χ2n) is 5.16. The van der Waals surface area contributed by atoms with Gasteiger partial charge in [0.25, 0.3) is 5.91 Å². The van der Waals surface area contributed by atoms with Crippen LogP contribution >= 0.6 is 15.9 Å². The summed E-state index contributed by atoms with van der Waals surface area (Å²) in [5, 5.41) is 9.84. The smallest absolute Gasteiger partial charge is 0.316 e. The summed E-state index contributed by atoms with van der Waals surface area (Å²) < 4.78 is 1.93. The van der Waals surface area contributed by atoms with Gasteiger partial charge in [-0.3, -0.25) is 9.69 Å². The van der Waals surface area contributed by atoms with Crippen LogP contribution in [0.3, 0.4) is 0 Å². The van der Waals surface area contributed by atoms with Gasteiger partial charge in [0.15, 0.2) is 0 Å². The molecule has 0 radical (unpaired) electrons. The summed E-state index contributed by atoms with van der Waals surface area (Å²) in [4.78, 5) is 16.5. The summed E-state index contributed by atoms with van der Waals surface area (Å²) in [5.74, 6) is 0.785. The fraction of sp³-hybridized carbons (Fsp3) is 0.250. The van der Waals surface area contributed by atoms with Crippen molar-refractivity contribution < 1.29 is 14.7 Å². The third kappa shape index (κ3) is 2.92. The van der Waals surface area contributed by atoms with Crippen molar-refractivity contribution in [1.82, 2.24) is 4.90 Å². The van der Waals surface area contributed by atoms with Crippen LogP contribution in [0.5, 0.6) is 0 Å². The van der Waals surface area contributed by atoms with Gasteiger partial charge in [-0.2, -0.15) is 0 Å². The lowest BCUT2D eigenvalue weighted by Crippen LogP contribution is -2.52. The van der Waals surface area contributed by atoms with E-state index in [0.29, 0.717) is 31.7 Å². The van der Waals surface area contributed by atoms with Gasteiger partial charge in [0.1, 0.15) is 19.3 Å². The molecule has 0 bridgehead atoms. The van der Waals surface area contributed by atoms with Crippen molar-refractivity contribution in [2.45, 2.75) is 0 Å². The Morgan fingerprint density at radius 2 is 1.73 bits per heavy atom. The summed E-state index contributed by atoms with van der Waals surface area (Å²) in [6, 6.07) is 13.0. The predicted molar refractivity (Wildman–Crippen MR) is 86.1 cm³/mol. The number of hydrogen-bond acceptors (Lipinski definition) is 3. The number of benzene rings is 1. The number of aromatic nitrogens is 1. The van der Waals surface area contributed by atoms with Crippen molar-refractivity contribution >= 4 is 27.7 Å². The van der Waals surface area contributed by atoms with Gasteiger partial charge < -0.3 is 10.1 Å². The van der Waals surface area contributed by atoms with Crippen molar-refractivity contribution in [3.63, 3.8) is 0 Å². The number of rotatable bonds is 2. The number of nitrogens with zero attached hydrogens (tertiary/aromatic N) is 3. The Labute approximate surface area is 137 Å². The van der Waals surface area contributed by atoms with Crippen LogP contribution in [-0.2, 0) is 0 Å². The zero-order valence-corrected chi connectivity index (χ0v) is 13.6. The zero-order chi connectivity index (χ0) is 15.5. The van der Waals surface area contributed by atoms with E-state index in [-0.39, 0.29) is 5.91 Å². The monoisotopic (exact) mass is 362 g/mol. The molecule has 2 aromatic rings.